The van der Waals surface area contributed by atoms with Gasteiger partial charge < -0.3 is 15.4 Å². The highest BCUT2D eigenvalue weighted by Crippen LogP contribution is 2.20. The maximum Gasteiger partial charge on any atom is 0.329 e. The molecule has 4 N–H and O–H groups in total. The lowest BCUT2D eigenvalue weighted by atomic mass is 10.0. The number of hydrogen-bond donors (Lipinski definition) is 4. The Morgan fingerprint density at radius 2 is 1.93 bits per heavy atom. The van der Waals surface area contributed by atoms with Crippen LogP contribution in [0.5, 0.6) is 0 Å². The van der Waals surface area contributed by atoms with Crippen molar-refractivity contribution in [2.24, 2.45) is 7.05 Å². The Kier molecular flexibility index (Phi) is 5.20. The van der Waals surface area contributed by atoms with Crippen molar-refractivity contribution in [3.8, 4) is 0 Å². The summed E-state index contributed by atoms with van der Waals surface area (Å²) in [5.74, 6) is 0.181. The maximum atomic E-state index is 12.2. The molecule has 0 bridgehead atoms. The summed E-state index contributed by atoms with van der Waals surface area (Å²) in [7, 11) is 1.51. The fourth-order valence-corrected chi connectivity index (χ4v) is 3.33. The average Bonchev–Trinajstić information content (AvgIpc) is 3.19. The van der Waals surface area contributed by atoms with Crippen molar-refractivity contribution in [1.29, 1.82) is 0 Å². The number of fused-ring (bicyclic) bond motifs is 2. The SMILES string of the molecule is Cn1c(=O)[nH]c(=O)c2[nH]c(CCC(=O)NCC(O)c3ccc4ccccc4c3)nc21. The van der Waals surface area contributed by atoms with Crippen LogP contribution in [0.15, 0.2) is 52.1 Å². The number of amides is 1. The fraction of sp³-hybridized carbons (Fsp3) is 0.238. The highest BCUT2D eigenvalue weighted by Gasteiger charge is 2.13. The minimum atomic E-state index is -0.821. The minimum absolute atomic E-state index is 0.0888. The second kappa shape index (κ2) is 7.96. The highest BCUT2D eigenvalue weighted by atomic mass is 16.3. The van der Waals surface area contributed by atoms with E-state index in [4.69, 9.17) is 0 Å². The monoisotopic (exact) mass is 407 g/mol. The zero-order chi connectivity index (χ0) is 21.3. The normalized spacial score (nSPS) is 12.3. The van der Waals surface area contributed by atoms with Crippen LogP contribution in [0, 0.1) is 0 Å². The number of aromatic nitrogens is 4. The van der Waals surface area contributed by atoms with Crippen molar-refractivity contribution < 1.29 is 9.90 Å². The van der Waals surface area contributed by atoms with E-state index < -0.39 is 17.4 Å². The van der Waals surface area contributed by atoms with Gasteiger partial charge in [0.25, 0.3) is 5.56 Å². The number of nitrogens with one attached hydrogen (secondary N) is 3. The van der Waals surface area contributed by atoms with Crippen LogP contribution in [-0.2, 0) is 18.3 Å². The third kappa shape index (κ3) is 3.87. The molecule has 0 spiro atoms. The molecule has 0 fully saturated rings. The molecule has 2 aromatic carbocycles. The zero-order valence-corrected chi connectivity index (χ0v) is 16.3. The van der Waals surface area contributed by atoms with Crippen LogP contribution in [0.2, 0.25) is 0 Å². The molecule has 1 atom stereocenters. The van der Waals surface area contributed by atoms with E-state index in [-0.39, 0.29) is 36.5 Å². The summed E-state index contributed by atoms with van der Waals surface area (Å²) in [6.07, 6.45) is -0.436. The molecule has 2 heterocycles. The van der Waals surface area contributed by atoms with E-state index in [2.05, 4.69) is 20.3 Å². The van der Waals surface area contributed by atoms with Crippen LogP contribution in [0.1, 0.15) is 23.9 Å². The quantitative estimate of drug-likeness (QED) is 0.377. The molecule has 9 heteroatoms. The van der Waals surface area contributed by atoms with Crippen LogP contribution in [0.3, 0.4) is 0 Å². The van der Waals surface area contributed by atoms with Gasteiger partial charge in [-0.3, -0.25) is 19.1 Å². The number of carbonyl (C=O) groups is 1. The van der Waals surface area contributed by atoms with E-state index in [0.29, 0.717) is 5.82 Å². The summed E-state index contributed by atoms with van der Waals surface area (Å²) in [4.78, 5) is 44.9. The van der Waals surface area contributed by atoms with Crippen LogP contribution in [0.4, 0.5) is 0 Å². The van der Waals surface area contributed by atoms with Crippen molar-refractivity contribution in [2.45, 2.75) is 18.9 Å². The summed E-state index contributed by atoms with van der Waals surface area (Å²) in [5, 5.41) is 15.2. The van der Waals surface area contributed by atoms with Gasteiger partial charge in [0.05, 0.1) is 6.10 Å². The van der Waals surface area contributed by atoms with E-state index in [0.717, 1.165) is 16.3 Å². The summed E-state index contributed by atoms with van der Waals surface area (Å²) in [6, 6.07) is 13.5. The van der Waals surface area contributed by atoms with Gasteiger partial charge >= 0.3 is 5.69 Å². The first-order chi connectivity index (χ1) is 14.4. The van der Waals surface area contributed by atoms with Gasteiger partial charge in [-0.1, -0.05) is 36.4 Å². The van der Waals surface area contributed by atoms with Gasteiger partial charge in [-0.25, -0.2) is 9.78 Å². The average molecular weight is 407 g/mol. The molecule has 0 aliphatic carbocycles. The van der Waals surface area contributed by atoms with E-state index >= 15 is 0 Å². The molecule has 0 aliphatic heterocycles. The number of benzene rings is 2. The van der Waals surface area contributed by atoms with Crippen molar-refractivity contribution in [3.63, 3.8) is 0 Å². The molecule has 0 saturated carbocycles. The highest BCUT2D eigenvalue weighted by molar-refractivity contribution is 5.83. The molecule has 2 aromatic heterocycles. The molecule has 4 aromatic rings. The van der Waals surface area contributed by atoms with Crippen LogP contribution >= 0.6 is 0 Å². The Balaban J connectivity index is 1.36. The van der Waals surface area contributed by atoms with Gasteiger partial charge in [-0.15, -0.1) is 0 Å². The predicted octanol–water partition coefficient (Wildman–Crippen LogP) is 0.886. The van der Waals surface area contributed by atoms with Gasteiger partial charge in [0.1, 0.15) is 11.3 Å². The lowest BCUT2D eigenvalue weighted by Gasteiger charge is -2.13. The largest absolute Gasteiger partial charge is 0.387 e. The third-order valence-corrected chi connectivity index (χ3v) is 5.04. The second-order valence-electron chi connectivity index (χ2n) is 7.13. The van der Waals surface area contributed by atoms with E-state index in [9.17, 15) is 19.5 Å². The Morgan fingerprint density at radius 3 is 2.73 bits per heavy atom. The number of aliphatic hydroxyl groups is 1. The van der Waals surface area contributed by atoms with Gasteiger partial charge in [0.2, 0.25) is 5.91 Å². The number of carbonyl (C=O) groups excluding carboxylic acids is 1. The molecule has 1 amide bonds. The lowest BCUT2D eigenvalue weighted by molar-refractivity contribution is -0.121. The first-order valence-electron chi connectivity index (χ1n) is 9.54. The van der Waals surface area contributed by atoms with Gasteiger partial charge in [0, 0.05) is 26.4 Å². The van der Waals surface area contributed by atoms with Crippen molar-refractivity contribution in [1.82, 2.24) is 24.8 Å². The predicted molar refractivity (Wildman–Crippen MR) is 112 cm³/mol. The minimum Gasteiger partial charge on any atom is -0.387 e. The standard InChI is InChI=1S/C21H21N5O4/c1-26-19-18(20(29)25-21(26)30)23-16(24-19)8-9-17(28)22-11-15(27)14-7-6-12-4-2-3-5-13(12)10-14/h2-7,10,15,27H,8-9,11H2,1H3,(H,22,28)(H,23,24)(H,25,29,30). The van der Waals surface area contributed by atoms with Gasteiger partial charge in [0.15, 0.2) is 5.65 Å². The molecule has 9 nitrogen and oxygen atoms in total. The number of nitrogens with zero attached hydrogens (tertiary/aromatic N) is 2. The van der Waals surface area contributed by atoms with Crippen LogP contribution < -0.4 is 16.6 Å². The number of rotatable bonds is 6. The second-order valence-corrected chi connectivity index (χ2v) is 7.13. The molecule has 154 valence electrons. The number of aliphatic hydroxyl groups excluding tert-OH is 1. The molecular formula is C21H21N5O4. The Hall–Kier alpha value is -3.72. The van der Waals surface area contributed by atoms with Crippen LogP contribution in [0.25, 0.3) is 21.9 Å². The van der Waals surface area contributed by atoms with Crippen LogP contribution in [-0.4, -0.2) is 37.1 Å². The third-order valence-electron chi connectivity index (χ3n) is 5.04. The number of aromatic amines is 2. The van der Waals surface area contributed by atoms with Crippen molar-refractivity contribution in [2.75, 3.05) is 6.54 Å². The first kappa shape index (κ1) is 19.6. The summed E-state index contributed by atoms with van der Waals surface area (Å²) in [5.41, 5.74) is 0.0670. The van der Waals surface area contributed by atoms with E-state index in [1.165, 1.54) is 11.6 Å². The maximum absolute atomic E-state index is 12.2. The van der Waals surface area contributed by atoms with Gasteiger partial charge in [-0.05, 0) is 22.4 Å². The number of H-pyrrole nitrogens is 2. The smallest absolute Gasteiger partial charge is 0.329 e. The number of hydrogen-bond acceptors (Lipinski definition) is 5. The lowest BCUT2D eigenvalue weighted by Crippen LogP contribution is -2.28. The molecule has 30 heavy (non-hydrogen) atoms. The molecule has 4 rings (SSSR count). The molecule has 0 aliphatic rings. The Labute approximate surface area is 170 Å². The topological polar surface area (TPSA) is 133 Å². The number of imidazole rings is 1. The number of aryl methyl sites for hydroxylation is 2. The fourth-order valence-electron chi connectivity index (χ4n) is 3.33. The van der Waals surface area contributed by atoms with E-state index in [1.54, 1.807) is 0 Å². The molecule has 1 unspecified atom stereocenters. The van der Waals surface area contributed by atoms with Crippen molar-refractivity contribution >= 4 is 27.8 Å². The van der Waals surface area contributed by atoms with E-state index in [1.807, 2.05) is 42.5 Å². The molecule has 0 saturated heterocycles. The molecular weight excluding hydrogens is 386 g/mol. The first-order valence-corrected chi connectivity index (χ1v) is 9.54. The summed E-state index contributed by atoms with van der Waals surface area (Å²) < 4.78 is 1.23. The van der Waals surface area contributed by atoms with Gasteiger partial charge in [-0.2, -0.15) is 0 Å². The zero-order valence-electron chi connectivity index (χ0n) is 16.3. The Morgan fingerprint density at radius 1 is 1.17 bits per heavy atom. The Bertz CT molecular complexity index is 1350. The van der Waals surface area contributed by atoms with Crippen molar-refractivity contribution in [3.05, 3.63) is 74.7 Å². The summed E-state index contributed by atoms with van der Waals surface area (Å²) in [6.45, 7) is 0.0888. The molecule has 0 radical (unpaired) electrons. The summed E-state index contributed by atoms with van der Waals surface area (Å²) >= 11 is 0.